The molecule has 0 bridgehead atoms. The molecule has 1 saturated heterocycles. The summed E-state index contributed by atoms with van der Waals surface area (Å²) in [5.74, 6) is 0.664. The molecule has 0 aromatic carbocycles. The summed E-state index contributed by atoms with van der Waals surface area (Å²) in [7, 11) is 0. The van der Waals surface area contributed by atoms with Gasteiger partial charge in [-0.1, -0.05) is 6.07 Å². The van der Waals surface area contributed by atoms with Crippen LogP contribution in [0.15, 0.2) is 18.3 Å². The van der Waals surface area contributed by atoms with Crippen molar-refractivity contribution in [2.75, 3.05) is 13.1 Å². The number of carbonyl (C=O) groups excluding carboxylic acids is 1. The van der Waals surface area contributed by atoms with Crippen LogP contribution < -0.4 is 10.1 Å². The molecule has 2 heterocycles. The molecular weight excluding hydrogens is 294 g/mol. The van der Waals surface area contributed by atoms with E-state index in [1.807, 2.05) is 12.1 Å². The van der Waals surface area contributed by atoms with E-state index >= 15 is 0 Å². The second-order valence-electron chi connectivity index (χ2n) is 6.41. The molecule has 1 saturated carbocycles. The van der Waals surface area contributed by atoms with Crippen LogP contribution in [-0.2, 0) is 6.54 Å². The highest BCUT2D eigenvalue weighted by atomic mass is 16.5. The Morgan fingerprint density at radius 3 is 2.65 bits per heavy atom. The molecule has 2 fully saturated rings. The van der Waals surface area contributed by atoms with Gasteiger partial charge in [0.15, 0.2) is 0 Å². The number of pyridine rings is 1. The summed E-state index contributed by atoms with van der Waals surface area (Å²) in [5, 5.41) is 12.4. The third-order valence-corrected chi connectivity index (χ3v) is 4.58. The summed E-state index contributed by atoms with van der Waals surface area (Å²) in [4.78, 5) is 18.1. The van der Waals surface area contributed by atoms with Gasteiger partial charge in [0.1, 0.15) is 6.10 Å². The molecule has 2 N–H and O–H groups in total. The van der Waals surface area contributed by atoms with Gasteiger partial charge in [0.25, 0.3) is 0 Å². The van der Waals surface area contributed by atoms with Crippen LogP contribution in [0.5, 0.6) is 5.88 Å². The smallest absolute Gasteiger partial charge is 0.317 e. The van der Waals surface area contributed by atoms with Crippen molar-refractivity contribution in [3.8, 4) is 5.88 Å². The van der Waals surface area contributed by atoms with E-state index in [1.165, 1.54) is 12.8 Å². The molecule has 1 aromatic heterocycles. The molecule has 0 atom stereocenters. The Bertz CT molecular complexity index is 506. The second kappa shape index (κ2) is 7.64. The van der Waals surface area contributed by atoms with E-state index in [2.05, 4.69) is 10.3 Å². The van der Waals surface area contributed by atoms with Crippen LogP contribution in [0, 0.1) is 0 Å². The van der Waals surface area contributed by atoms with Gasteiger partial charge in [-0.25, -0.2) is 9.78 Å². The number of nitrogens with one attached hydrogen (secondary N) is 1. The number of aliphatic hydroxyl groups is 1. The standard InChI is InChI=1S/C17H25N3O3/c21-14-7-9-20(10-8-14)17(22)19-12-13-5-6-16(18-11-13)23-15-3-1-2-4-15/h5-6,11,14-15,21H,1-4,7-10,12H2,(H,19,22). The van der Waals surface area contributed by atoms with Crippen molar-refractivity contribution in [3.05, 3.63) is 23.9 Å². The Labute approximate surface area is 136 Å². The monoisotopic (exact) mass is 319 g/mol. The number of amides is 2. The first-order chi connectivity index (χ1) is 11.2. The van der Waals surface area contributed by atoms with Gasteiger partial charge in [-0.3, -0.25) is 0 Å². The van der Waals surface area contributed by atoms with Crippen molar-refractivity contribution in [3.63, 3.8) is 0 Å². The van der Waals surface area contributed by atoms with Crippen LogP contribution in [0.2, 0.25) is 0 Å². The maximum absolute atomic E-state index is 12.1. The molecule has 1 aromatic rings. The Kier molecular flexibility index (Phi) is 5.33. The van der Waals surface area contributed by atoms with E-state index in [4.69, 9.17) is 4.74 Å². The maximum Gasteiger partial charge on any atom is 0.317 e. The lowest BCUT2D eigenvalue weighted by atomic mass is 10.1. The molecule has 1 aliphatic carbocycles. The summed E-state index contributed by atoms with van der Waals surface area (Å²) >= 11 is 0. The Morgan fingerprint density at radius 1 is 1.26 bits per heavy atom. The van der Waals surface area contributed by atoms with Crippen LogP contribution >= 0.6 is 0 Å². The van der Waals surface area contributed by atoms with Crippen molar-refractivity contribution in [1.82, 2.24) is 15.2 Å². The number of hydrogen-bond acceptors (Lipinski definition) is 4. The first-order valence-corrected chi connectivity index (χ1v) is 8.53. The third kappa shape index (κ3) is 4.58. The number of nitrogens with zero attached hydrogens (tertiary/aromatic N) is 2. The molecule has 2 amide bonds. The molecule has 1 aliphatic heterocycles. The maximum atomic E-state index is 12.1. The zero-order chi connectivity index (χ0) is 16.1. The first kappa shape index (κ1) is 16.1. The number of urea groups is 1. The molecule has 23 heavy (non-hydrogen) atoms. The fourth-order valence-corrected chi connectivity index (χ4v) is 3.12. The van der Waals surface area contributed by atoms with Gasteiger partial charge in [0.05, 0.1) is 6.10 Å². The number of aliphatic hydroxyl groups excluding tert-OH is 1. The number of carbonyl (C=O) groups is 1. The van der Waals surface area contributed by atoms with Crippen LogP contribution in [0.4, 0.5) is 4.79 Å². The van der Waals surface area contributed by atoms with Gasteiger partial charge in [0, 0.05) is 31.9 Å². The van der Waals surface area contributed by atoms with Crippen molar-refractivity contribution < 1.29 is 14.6 Å². The molecule has 0 spiro atoms. The molecule has 0 radical (unpaired) electrons. The molecule has 3 rings (SSSR count). The van der Waals surface area contributed by atoms with Crippen molar-refractivity contribution >= 4 is 6.03 Å². The molecule has 2 aliphatic rings. The minimum absolute atomic E-state index is 0.0804. The highest BCUT2D eigenvalue weighted by Gasteiger charge is 2.21. The van der Waals surface area contributed by atoms with E-state index in [1.54, 1.807) is 11.1 Å². The number of likely N-dealkylation sites (tertiary alicyclic amines) is 1. The fourth-order valence-electron chi connectivity index (χ4n) is 3.12. The van der Waals surface area contributed by atoms with Gasteiger partial charge in [-0.05, 0) is 44.1 Å². The van der Waals surface area contributed by atoms with Crippen LogP contribution in [0.25, 0.3) is 0 Å². The number of aromatic nitrogens is 1. The van der Waals surface area contributed by atoms with Gasteiger partial charge in [0.2, 0.25) is 5.88 Å². The lowest BCUT2D eigenvalue weighted by Gasteiger charge is -2.29. The predicted octanol–water partition coefficient (Wildman–Crippen LogP) is 2.07. The van der Waals surface area contributed by atoms with Crippen LogP contribution in [-0.4, -0.2) is 46.3 Å². The summed E-state index contributed by atoms with van der Waals surface area (Å²) in [6.07, 6.45) is 7.81. The van der Waals surface area contributed by atoms with Gasteiger partial charge in [-0.2, -0.15) is 0 Å². The second-order valence-corrected chi connectivity index (χ2v) is 6.41. The summed E-state index contributed by atoms with van der Waals surface area (Å²) in [6.45, 7) is 1.67. The highest BCUT2D eigenvalue weighted by Crippen LogP contribution is 2.22. The summed E-state index contributed by atoms with van der Waals surface area (Å²) < 4.78 is 5.83. The topological polar surface area (TPSA) is 74.7 Å². The number of piperidine rings is 1. The lowest BCUT2D eigenvalue weighted by Crippen LogP contribution is -2.45. The minimum Gasteiger partial charge on any atom is -0.474 e. The van der Waals surface area contributed by atoms with Crippen LogP contribution in [0.1, 0.15) is 44.1 Å². The van der Waals surface area contributed by atoms with E-state index < -0.39 is 0 Å². The average molecular weight is 319 g/mol. The summed E-state index contributed by atoms with van der Waals surface area (Å²) in [6, 6.07) is 3.73. The van der Waals surface area contributed by atoms with E-state index in [9.17, 15) is 9.90 Å². The van der Waals surface area contributed by atoms with Gasteiger partial charge < -0.3 is 20.1 Å². The van der Waals surface area contributed by atoms with Crippen LogP contribution in [0.3, 0.4) is 0 Å². The number of rotatable bonds is 4. The van der Waals surface area contributed by atoms with E-state index in [0.29, 0.717) is 44.5 Å². The van der Waals surface area contributed by atoms with Crippen molar-refractivity contribution in [1.29, 1.82) is 0 Å². The van der Waals surface area contributed by atoms with Gasteiger partial charge in [-0.15, -0.1) is 0 Å². The number of hydrogen-bond donors (Lipinski definition) is 2. The largest absolute Gasteiger partial charge is 0.474 e. The molecule has 6 nitrogen and oxygen atoms in total. The minimum atomic E-state index is -0.268. The summed E-state index contributed by atoms with van der Waals surface area (Å²) in [5.41, 5.74) is 0.953. The highest BCUT2D eigenvalue weighted by molar-refractivity contribution is 5.74. The average Bonchev–Trinajstić information content (AvgIpc) is 3.07. The molecular formula is C17H25N3O3. The Hall–Kier alpha value is -1.82. The van der Waals surface area contributed by atoms with E-state index in [0.717, 1.165) is 18.4 Å². The molecule has 126 valence electrons. The molecule has 0 unspecified atom stereocenters. The molecule has 6 heteroatoms. The zero-order valence-corrected chi connectivity index (χ0v) is 13.4. The number of ether oxygens (including phenoxy) is 1. The zero-order valence-electron chi connectivity index (χ0n) is 13.4. The Morgan fingerprint density at radius 2 is 2.00 bits per heavy atom. The van der Waals surface area contributed by atoms with Crippen molar-refractivity contribution in [2.24, 2.45) is 0 Å². The van der Waals surface area contributed by atoms with Crippen molar-refractivity contribution in [2.45, 2.75) is 57.3 Å². The Balaban J connectivity index is 1.43. The van der Waals surface area contributed by atoms with E-state index in [-0.39, 0.29) is 12.1 Å². The quantitative estimate of drug-likeness (QED) is 0.891. The lowest BCUT2D eigenvalue weighted by molar-refractivity contribution is 0.0936. The first-order valence-electron chi connectivity index (χ1n) is 8.53. The normalized spacial score (nSPS) is 19.8. The SMILES string of the molecule is O=C(NCc1ccc(OC2CCCC2)nc1)N1CCC(O)CC1. The third-order valence-electron chi connectivity index (χ3n) is 4.58. The predicted molar refractivity (Wildman–Crippen MR) is 86.2 cm³/mol. The van der Waals surface area contributed by atoms with Gasteiger partial charge >= 0.3 is 6.03 Å². The fraction of sp³-hybridized carbons (Fsp3) is 0.647.